The summed E-state index contributed by atoms with van der Waals surface area (Å²) in [4.78, 5) is 16.6. The fraction of sp³-hybridized carbons (Fsp3) is 0.333. The molecule has 0 radical (unpaired) electrons. The Morgan fingerprint density at radius 1 is 1.44 bits per heavy atom. The normalized spacial score (nSPS) is 11.2. The minimum absolute atomic E-state index is 0.000283. The Balaban J connectivity index is 3.26. The second kappa shape index (κ2) is 4.09. The summed E-state index contributed by atoms with van der Waals surface area (Å²) in [6.07, 6.45) is 2.18. The molecule has 16 heavy (non-hydrogen) atoms. The van der Waals surface area contributed by atoms with Gasteiger partial charge in [-0.2, -0.15) is 0 Å². The van der Waals surface area contributed by atoms with Gasteiger partial charge in [-0.3, -0.25) is 4.79 Å². The number of rotatable bonds is 2. The maximum absolute atomic E-state index is 11.6. The van der Waals surface area contributed by atoms with Gasteiger partial charge in [0.05, 0.1) is 10.6 Å². The first-order chi connectivity index (χ1) is 7.23. The third-order valence-corrected chi connectivity index (χ3v) is 3.01. The van der Waals surface area contributed by atoms with E-state index < -0.39 is 9.84 Å². The number of anilines is 1. The van der Waals surface area contributed by atoms with Crippen molar-refractivity contribution in [3.05, 3.63) is 18.0 Å². The molecule has 1 amide bonds. The Kier molecular flexibility index (Phi) is 3.18. The van der Waals surface area contributed by atoms with Crippen molar-refractivity contribution in [2.45, 2.75) is 4.90 Å². The zero-order valence-corrected chi connectivity index (χ0v) is 10.1. The lowest BCUT2D eigenvalue weighted by Crippen LogP contribution is -2.24. The molecule has 0 saturated heterocycles. The van der Waals surface area contributed by atoms with E-state index in [1.807, 2.05) is 0 Å². The van der Waals surface area contributed by atoms with Crippen LogP contribution in [-0.4, -0.2) is 44.6 Å². The van der Waals surface area contributed by atoms with Crippen LogP contribution in [0.1, 0.15) is 10.5 Å². The third kappa shape index (κ3) is 2.48. The molecule has 6 nitrogen and oxygen atoms in total. The number of amides is 1. The molecule has 0 spiro atoms. The number of aromatic nitrogens is 1. The highest BCUT2D eigenvalue weighted by Gasteiger charge is 2.16. The van der Waals surface area contributed by atoms with Gasteiger partial charge in [0.2, 0.25) is 0 Å². The molecule has 88 valence electrons. The Labute approximate surface area is 94.0 Å². The highest BCUT2D eigenvalue weighted by atomic mass is 32.2. The Bertz CT molecular complexity index is 523. The zero-order chi connectivity index (χ0) is 12.5. The summed E-state index contributed by atoms with van der Waals surface area (Å²) in [7, 11) is -0.229. The van der Waals surface area contributed by atoms with Crippen LogP contribution in [-0.2, 0) is 9.84 Å². The van der Waals surface area contributed by atoms with Crippen molar-refractivity contribution in [2.75, 3.05) is 26.1 Å². The van der Waals surface area contributed by atoms with Crippen LogP contribution in [0.5, 0.6) is 0 Å². The molecule has 0 bridgehead atoms. The van der Waals surface area contributed by atoms with Crippen molar-refractivity contribution in [1.29, 1.82) is 0 Å². The van der Waals surface area contributed by atoms with E-state index >= 15 is 0 Å². The first kappa shape index (κ1) is 12.4. The Morgan fingerprint density at radius 3 is 2.38 bits per heavy atom. The molecule has 2 N–H and O–H groups in total. The van der Waals surface area contributed by atoms with E-state index in [-0.39, 0.29) is 22.2 Å². The van der Waals surface area contributed by atoms with Crippen molar-refractivity contribution >= 4 is 21.4 Å². The number of hydrogen-bond donors (Lipinski definition) is 1. The van der Waals surface area contributed by atoms with Gasteiger partial charge in [0.1, 0.15) is 0 Å². The quantitative estimate of drug-likeness (QED) is 0.774. The first-order valence-electron chi connectivity index (χ1n) is 4.40. The number of carbonyl (C=O) groups is 1. The molecule has 0 aliphatic rings. The second-order valence-corrected chi connectivity index (χ2v) is 5.60. The molecule has 0 unspecified atom stereocenters. The third-order valence-electron chi connectivity index (χ3n) is 1.93. The van der Waals surface area contributed by atoms with Gasteiger partial charge < -0.3 is 10.6 Å². The lowest BCUT2D eigenvalue weighted by atomic mass is 10.3. The molecule has 0 atom stereocenters. The van der Waals surface area contributed by atoms with E-state index in [2.05, 4.69) is 4.98 Å². The van der Waals surface area contributed by atoms with Crippen LogP contribution in [0.2, 0.25) is 0 Å². The number of nitrogens with two attached hydrogens (primary N) is 1. The van der Waals surface area contributed by atoms with Gasteiger partial charge in [-0.25, -0.2) is 13.4 Å². The molecule has 1 aromatic heterocycles. The van der Waals surface area contributed by atoms with Gasteiger partial charge in [-0.15, -0.1) is 0 Å². The van der Waals surface area contributed by atoms with Crippen LogP contribution in [0.3, 0.4) is 0 Å². The van der Waals surface area contributed by atoms with E-state index in [4.69, 9.17) is 5.73 Å². The Hall–Kier alpha value is -1.63. The van der Waals surface area contributed by atoms with Gasteiger partial charge in [0.15, 0.2) is 15.5 Å². The second-order valence-electron chi connectivity index (χ2n) is 3.58. The maximum atomic E-state index is 11.6. The molecule has 0 fully saturated rings. The number of pyridine rings is 1. The molecule has 7 heteroatoms. The predicted octanol–water partition coefficient (Wildman–Crippen LogP) is -0.231. The van der Waals surface area contributed by atoms with E-state index in [9.17, 15) is 13.2 Å². The molecule has 0 aromatic carbocycles. The van der Waals surface area contributed by atoms with E-state index in [0.717, 1.165) is 12.5 Å². The summed E-state index contributed by atoms with van der Waals surface area (Å²) in [5.74, 6) is -0.363. The number of sulfone groups is 1. The fourth-order valence-electron chi connectivity index (χ4n) is 1.05. The van der Waals surface area contributed by atoms with Crippen molar-refractivity contribution in [1.82, 2.24) is 9.88 Å². The van der Waals surface area contributed by atoms with Crippen LogP contribution in [0.4, 0.5) is 5.69 Å². The molecule has 0 aliphatic heterocycles. The number of nitrogen functional groups attached to an aromatic ring is 1. The molecule has 1 rings (SSSR count). The molecule has 1 aromatic rings. The standard InChI is InChI=1S/C9H13N3O3S/c1-12(2)9(13)8-7(10)4-6(5-11-8)16(3,14)15/h4-5H,10H2,1-3H3. The van der Waals surface area contributed by atoms with Gasteiger partial charge >= 0.3 is 0 Å². The van der Waals surface area contributed by atoms with E-state index in [0.29, 0.717) is 0 Å². The summed E-state index contributed by atoms with van der Waals surface area (Å²) in [5.41, 5.74) is 5.69. The van der Waals surface area contributed by atoms with E-state index in [1.165, 1.54) is 11.0 Å². The molecular formula is C9H13N3O3S. The van der Waals surface area contributed by atoms with Crippen molar-refractivity contribution in [3.63, 3.8) is 0 Å². The Morgan fingerprint density at radius 2 is 2.00 bits per heavy atom. The fourth-order valence-corrected chi connectivity index (χ4v) is 1.64. The summed E-state index contributed by atoms with van der Waals surface area (Å²) in [5, 5.41) is 0. The molecule has 1 heterocycles. The summed E-state index contributed by atoms with van der Waals surface area (Å²) < 4.78 is 22.4. The topological polar surface area (TPSA) is 93.4 Å². The monoisotopic (exact) mass is 243 g/mol. The molecular weight excluding hydrogens is 230 g/mol. The van der Waals surface area contributed by atoms with Crippen molar-refractivity contribution in [2.24, 2.45) is 0 Å². The maximum Gasteiger partial charge on any atom is 0.274 e. The highest BCUT2D eigenvalue weighted by molar-refractivity contribution is 7.90. The molecule has 0 aliphatic carbocycles. The van der Waals surface area contributed by atoms with Crippen LogP contribution < -0.4 is 5.73 Å². The van der Waals surface area contributed by atoms with Crippen LogP contribution in [0.25, 0.3) is 0 Å². The smallest absolute Gasteiger partial charge is 0.274 e. The summed E-state index contributed by atoms with van der Waals surface area (Å²) >= 11 is 0. The summed E-state index contributed by atoms with van der Waals surface area (Å²) in [6.45, 7) is 0. The van der Waals surface area contributed by atoms with E-state index in [1.54, 1.807) is 14.1 Å². The van der Waals surface area contributed by atoms with Crippen LogP contribution in [0, 0.1) is 0 Å². The lowest BCUT2D eigenvalue weighted by Gasteiger charge is -2.11. The average Bonchev–Trinajstić information content (AvgIpc) is 2.15. The van der Waals surface area contributed by atoms with Gasteiger partial charge in [0, 0.05) is 26.5 Å². The van der Waals surface area contributed by atoms with Crippen LogP contribution >= 0.6 is 0 Å². The van der Waals surface area contributed by atoms with Crippen molar-refractivity contribution in [3.8, 4) is 0 Å². The highest BCUT2D eigenvalue weighted by Crippen LogP contribution is 2.16. The van der Waals surface area contributed by atoms with Gasteiger partial charge in [-0.1, -0.05) is 0 Å². The largest absolute Gasteiger partial charge is 0.397 e. The summed E-state index contributed by atoms with van der Waals surface area (Å²) in [6, 6.07) is 1.24. The lowest BCUT2D eigenvalue weighted by molar-refractivity contribution is 0.0823. The first-order valence-corrected chi connectivity index (χ1v) is 6.30. The predicted molar refractivity (Wildman–Crippen MR) is 59.8 cm³/mol. The number of nitrogens with zero attached hydrogens (tertiary/aromatic N) is 2. The molecule has 0 saturated carbocycles. The number of hydrogen-bond acceptors (Lipinski definition) is 5. The van der Waals surface area contributed by atoms with Gasteiger partial charge in [0.25, 0.3) is 5.91 Å². The average molecular weight is 243 g/mol. The minimum atomic E-state index is -3.36. The van der Waals surface area contributed by atoms with Crippen molar-refractivity contribution < 1.29 is 13.2 Å². The zero-order valence-electron chi connectivity index (χ0n) is 9.26. The van der Waals surface area contributed by atoms with Gasteiger partial charge in [-0.05, 0) is 6.07 Å². The SMILES string of the molecule is CN(C)C(=O)c1ncc(S(C)(=O)=O)cc1N. The van der Waals surface area contributed by atoms with Crippen LogP contribution in [0.15, 0.2) is 17.2 Å². The number of carbonyl (C=O) groups excluding carboxylic acids is 1. The minimum Gasteiger partial charge on any atom is -0.397 e.